The first kappa shape index (κ1) is 29.6. The second kappa shape index (κ2) is 12.9. The molecule has 1 fully saturated rings. The number of hydrogen-bond acceptors (Lipinski definition) is 10. The van der Waals surface area contributed by atoms with Gasteiger partial charge in [-0.25, -0.2) is 13.4 Å². The van der Waals surface area contributed by atoms with Crippen molar-refractivity contribution in [2.45, 2.75) is 42.9 Å². The zero-order valence-electron chi connectivity index (χ0n) is 24.3. The zero-order chi connectivity index (χ0) is 29.7. The molecule has 1 aromatic heterocycles. The highest BCUT2D eigenvalue weighted by Gasteiger charge is 2.24. The molecule has 5 rings (SSSR count). The van der Waals surface area contributed by atoms with Crippen LogP contribution in [-0.2, 0) is 9.84 Å². The molecule has 0 aliphatic carbocycles. The second-order valence-electron chi connectivity index (χ2n) is 10.6. The van der Waals surface area contributed by atoms with Gasteiger partial charge in [0.2, 0.25) is 5.95 Å². The smallest absolute Gasteiger partial charge is 0.229 e. The number of nitrogens with two attached hydrogens (primary N) is 1. The van der Waals surface area contributed by atoms with E-state index in [1.165, 1.54) is 0 Å². The lowest BCUT2D eigenvalue weighted by Crippen LogP contribution is -2.43. The Morgan fingerprint density at radius 2 is 1.71 bits per heavy atom. The van der Waals surface area contributed by atoms with Gasteiger partial charge in [-0.05, 0) is 63.1 Å². The molecule has 1 saturated heterocycles. The molecular weight excluding hydrogens is 550 g/mol. The van der Waals surface area contributed by atoms with E-state index in [1.807, 2.05) is 36.4 Å². The average molecular weight is 590 g/mol. The summed E-state index contributed by atoms with van der Waals surface area (Å²) in [5.41, 5.74) is 8.64. The van der Waals surface area contributed by atoms with Gasteiger partial charge < -0.3 is 31.3 Å². The molecule has 0 radical (unpaired) electrons. The lowest BCUT2D eigenvalue weighted by molar-refractivity contribution is 0.412. The number of rotatable bonds is 11. The van der Waals surface area contributed by atoms with Gasteiger partial charge >= 0.3 is 0 Å². The Morgan fingerprint density at radius 3 is 2.45 bits per heavy atom. The number of benzene rings is 3. The molecule has 3 aromatic carbocycles. The number of nitrogens with zero attached hydrogens (tertiary/aromatic N) is 3. The summed E-state index contributed by atoms with van der Waals surface area (Å²) in [5.74, 6) is 1.53. The minimum absolute atomic E-state index is 0.230. The number of anilines is 5. The molecule has 1 aliphatic heterocycles. The summed E-state index contributed by atoms with van der Waals surface area (Å²) in [7, 11) is -1.87. The normalized spacial score (nSPS) is 14.4. The molecular formula is C31H39N7O3S. The molecule has 0 saturated carbocycles. The predicted molar refractivity (Wildman–Crippen MR) is 170 cm³/mol. The van der Waals surface area contributed by atoms with Crippen LogP contribution in [0.4, 0.5) is 28.8 Å². The molecule has 10 nitrogen and oxygen atoms in total. The van der Waals surface area contributed by atoms with Crippen molar-refractivity contribution >= 4 is 49.6 Å². The standard InChI is InChI=1S/C31H39N7O3S/c1-21(2)42(39,40)29-11-7-6-10-27(29)34-30-24-8-4-5-9-25(24)35-31(37-30)36-26-13-12-23(20-28(26)41-3)38-18-14-22(15-19-38)33-17-16-32/h4-13,20-22,33H,14-19,32H2,1-3H3,(H2,34,35,36,37). The summed E-state index contributed by atoms with van der Waals surface area (Å²) in [4.78, 5) is 12.1. The van der Waals surface area contributed by atoms with Crippen LogP contribution in [0.5, 0.6) is 5.75 Å². The molecule has 4 aromatic rings. The van der Waals surface area contributed by atoms with Crippen molar-refractivity contribution in [3.8, 4) is 5.75 Å². The molecule has 1 aliphatic rings. The summed E-state index contributed by atoms with van der Waals surface area (Å²) in [6.07, 6.45) is 2.12. The van der Waals surface area contributed by atoms with Gasteiger partial charge in [0.25, 0.3) is 0 Å². The van der Waals surface area contributed by atoms with Crippen molar-refractivity contribution < 1.29 is 13.2 Å². The van der Waals surface area contributed by atoms with Crippen molar-refractivity contribution in [1.82, 2.24) is 15.3 Å². The number of ether oxygens (including phenoxy) is 1. The van der Waals surface area contributed by atoms with Crippen molar-refractivity contribution in [1.29, 1.82) is 0 Å². The Bertz CT molecular complexity index is 1640. The summed E-state index contributed by atoms with van der Waals surface area (Å²) in [6.45, 7) is 6.75. The predicted octanol–water partition coefficient (Wildman–Crippen LogP) is 4.82. The Kier molecular flexibility index (Phi) is 9.10. The third-order valence-electron chi connectivity index (χ3n) is 7.54. The monoisotopic (exact) mass is 589 g/mol. The van der Waals surface area contributed by atoms with Crippen LogP contribution in [0.3, 0.4) is 0 Å². The fraction of sp³-hybridized carbons (Fsp3) is 0.355. The molecule has 0 atom stereocenters. The summed E-state index contributed by atoms with van der Waals surface area (Å²) in [5, 5.41) is 10.3. The van der Waals surface area contributed by atoms with E-state index in [2.05, 4.69) is 26.9 Å². The first-order valence-corrected chi connectivity index (χ1v) is 15.8. The van der Waals surface area contributed by atoms with Crippen molar-refractivity contribution in [2.24, 2.45) is 5.73 Å². The van der Waals surface area contributed by atoms with Gasteiger partial charge in [0, 0.05) is 49.4 Å². The van der Waals surface area contributed by atoms with E-state index in [0.717, 1.165) is 49.2 Å². The van der Waals surface area contributed by atoms with E-state index >= 15 is 0 Å². The third-order valence-corrected chi connectivity index (χ3v) is 9.75. The van der Waals surface area contributed by atoms with E-state index in [0.29, 0.717) is 41.3 Å². The topological polar surface area (TPSA) is 134 Å². The van der Waals surface area contributed by atoms with Crippen molar-refractivity contribution in [3.63, 3.8) is 0 Å². The van der Waals surface area contributed by atoms with Gasteiger partial charge in [0.05, 0.1) is 34.1 Å². The third kappa shape index (κ3) is 6.43. The van der Waals surface area contributed by atoms with Gasteiger partial charge in [-0.1, -0.05) is 24.3 Å². The van der Waals surface area contributed by atoms with E-state index < -0.39 is 15.1 Å². The highest BCUT2D eigenvalue weighted by atomic mass is 32.2. The molecule has 42 heavy (non-hydrogen) atoms. The molecule has 0 unspecified atom stereocenters. The summed E-state index contributed by atoms with van der Waals surface area (Å²) in [6, 6.07) is 21.1. The second-order valence-corrected chi connectivity index (χ2v) is 13.1. The van der Waals surface area contributed by atoms with Crippen LogP contribution < -0.4 is 31.3 Å². The average Bonchev–Trinajstić information content (AvgIpc) is 3.00. The van der Waals surface area contributed by atoms with Crippen LogP contribution in [0.25, 0.3) is 10.9 Å². The number of hydrogen-bond donors (Lipinski definition) is 4. The number of nitrogens with one attached hydrogen (secondary N) is 3. The van der Waals surface area contributed by atoms with Crippen molar-refractivity contribution in [3.05, 3.63) is 66.7 Å². The first-order valence-electron chi connectivity index (χ1n) is 14.3. The largest absolute Gasteiger partial charge is 0.494 e. The number of fused-ring (bicyclic) bond motifs is 1. The maximum Gasteiger partial charge on any atom is 0.229 e. The van der Waals surface area contributed by atoms with Crippen LogP contribution >= 0.6 is 0 Å². The minimum Gasteiger partial charge on any atom is -0.494 e. The van der Waals surface area contributed by atoms with Crippen LogP contribution in [0.15, 0.2) is 71.6 Å². The number of methoxy groups -OCH3 is 1. The molecule has 0 bridgehead atoms. The van der Waals surface area contributed by atoms with Gasteiger partial charge in [-0.3, -0.25) is 0 Å². The van der Waals surface area contributed by atoms with E-state index in [9.17, 15) is 8.42 Å². The maximum atomic E-state index is 13.1. The highest BCUT2D eigenvalue weighted by Crippen LogP contribution is 2.35. The molecule has 11 heteroatoms. The summed E-state index contributed by atoms with van der Waals surface area (Å²) < 4.78 is 31.9. The van der Waals surface area contributed by atoms with Gasteiger partial charge in [-0.2, -0.15) is 4.98 Å². The molecule has 222 valence electrons. The number of para-hydroxylation sites is 2. The first-order chi connectivity index (χ1) is 20.3. The van der Waals surface area contributed by atoms with E-state index in [1.54, 1.807) is 45.2 Å². The lowest BCUT2D eigenvalue weighted by atomic mass is 10.0. The van der Waals surface area contributed by atoms with Crippen LogP contribution in [0.2, 0.25) is 0 Å². The van der Waals surface area contributed by atoms with Crippen LogP contribution in [-0.4, -0.2) is 63.0 Å². The zero-order valence-corrected chi connectivity index (χ0v) is 25.1. The number of sulfone groups is 1. The van der Waals surface area contributed by atoms with Crippen LogP contribution in [0.1, 0.15) is 26.7 Å². The Balaban J connectivity index is 1.42. The van der Waals surface area contributed by atoms with Crippen molar-refractivity contribution in [2.75, 3.05) is 48.8 Å². The van der Waals surface area contributed by atoms with Gasteiger partial charge in [0.1, 0.15) is 11.6 Å². The SMILES string of the molecule is COc1cc(N2CCC(NCCN)CC2)ccc1Nc1nc(Nc2ccccc2S(=O)(=O)C(C)C)c2ccccc2n1. The molecule has 0 spiro atoms. The van der Waals surface area contributed by atoms with Gasteiger partial charge in [0.15, 0.2) is 9.84 Å². The number of aromatic nitrogens is 2. The number of piperidine rings is 1. The van der Waals surface area contributed by atoms with Gasteiger partial charge in [-0.15, -0.1) is 0 Å². The molecule has 2 heterocycles. The van der Waals surface area contributed by atoms with Crippen LogP contribution in [0, 0.1) is 0 Å². The fourth-order valence-corrected chi connectivity index (χ4v) is 6.36. The molecule has 0 amide bonds. The lowest BCUT2D eigenvalue weighted by Gasteiger charge is -2.34. The Morgan fingerprint density at radius 1 is 0.976 bits per heavy atom. The fourth-order valence-electron chi connectivity index (χ4n) is 5.16. The van der Waals surface area contributed by atoms with E-state index in [4.69, 9.17) is 20.4 Å². The van der Waals surface area contributed by atoms with E-state index in [-0.39, 0.29) is 4.90 Å². The Labute approximate surface area is 247 Å². The summed E-state index contributed by atoms with van der Waals surface area (Å²) >= 11 is 0. The molecule has 5 N–H and O–H groups in total. The minimum atomic E-state index is -3.52. The maximum absolute atomic E-state index is 13.1. The highest BCUT2D eigenvalue weighted by molar-refractivity contribution is 7.92. The quantitative estimate of drug-likeness (QED) is 0.193. The Hall–Kier alpha value is -3.93.